The lowest BCUT2D eigenvalue weighted by molar-refractivity contribution is 0.557. The quantitative estimate of drug-likeness (QED) is 0.676. The molecule has 19 heavy (non-hydrogen) atoms. The molecule has 0 aliphatic rings. The molecule has 0 radical (unpaired) electrons. The van der Waals surface area contributed by atoms with Crippen molar-refractivity contribution < 1.29 is 8.81 Å². The van der Waals surface area contributed by atoms with E-state index in [9.17, 15) is 4.39 Å². The van der Waals surface area contributed by atoms with Crippen LogP contribution in [-0.2, 0) is 6.42 Å². The summed E-state index contributed by atoms with van der Waals surface area (Å²) < 4.78 is 19.1. The fraction of sp³-hybridized carbons (Fsp3) is 0.200. The maximum atomic E-state index is 13.9. The largest absolute Gasteiger partial charge is 0.465 e. The summed E-state index contributed by atoms with van der Waals surface area (Å²) in [6.07, 6.45) is 6.04. The third-order valence-corrected chi connectivity index (χ3v) is 2.95. The minimum absolute atomic E-state index is 0.332. The minimum Gasteiger partial charge on any atom is -0.465 e. The lowest BCUT2D eigenvalue weighted by atomic mass is 10.0. The van der Waals surface area contributed by atoms with Gasteiger partial charge in [-0.25, -0.2) is 10.2 Å². The molecule has 3 nitrogen and oxygen atoms in total. The summed E-state index contributed by atoms with van der Waals surface area (Å²) in [5, 5.41) is 1.30. The normalized spacial score (nSPS) is 11.2. The van der Waals surface area contributed by atoms with Gasteiger partial charge in [0.1, 0.15) is 11.6 Å². The molecule has 0 bridgehead atoms. The van der Waals surface area contributed by atoms with Gasteiger partial charge in [0.05, 0.1) is 12.0 Å². The lowest BCUT2D eigenvalue weighted by Gasteiger charge is -2.18. The first kappa shape index (κ1) is 13.4. The molecule has 0 saturated heterocycles. The number of hydrogen-bond donors (Lipinski definition) is 1. The number of hydrazine groups is 1. The van der Waals surface area contributed by atoms with E-state index in [-0.39, 0.29) is 5.82 Å². The van der Waals surface area contributed by atoms with Gasteiger partial charge in [-0.3, -0.25) is 0 Å². The van der Waals surface area contributed by atoms with Crippen LogP contribution in [0.15, 0.2) is 34.9 Å². The van der Waals surface area contributed by atoms with Crippen molar-refractivity contribution in [1.82, 2.24) is 0 Å². The van der Waals surface area contributed by atoms with Gasteiger partial charge in [0.15, 0.2) is 0 Å². The molecule has 0 fully saturated rings. The van der Waals surface area contributed by atoms with Gasteiger partial charge < -0.3 is 9.43 Å². The summed E-state index contributed by atoms with van der Waals surface area (Å²) in [4.78, 5) is 0. The van der Waals surface area contributed by atoms with Crippen molar-refractivity contribution in [2.24, 2.45) is 5.84 Å². The van der Waals surface area contributed by atoms with Crippen molar-refractivity contribution in [2.45, 2.75) is 13.3 Å². The van der Waals surface area contributed by atoms with Gasteiger partial charge in [-0.15, -0.1) is 0 Å². The first-order valence-corrected chi connectivity index (χ1v) is 6.15. The molecule has 2 aromatic rings. The smallest absolute Gasteiger partial charge is 0.148 e. The van der Waals surface area contributed by atoms with Crippen molar-refractivity contribution in [1.29, 1.82) is 0 Å². The Labute approximate surface area is 112 Å². The van der Waals surface area contributed by atoms with Crippen LogP contribution in [0.5, 0.6) is 0 Å². The number of anilines is 1. The van der Waals surface area contributed by atoms with Crippen molar-refractivity contribution >= 4 is 17.8 Å². The second kappa shape index (κ2) is 5.71. The molecule has 4 heteroatoms. The molecule has 1 aromatic heterocycles. The average Bonchev–Trinajstić information content (AvgIpc) is 2.88. The molecular weight excluding hydrogens is 243 g/mol. The molecule has 0 unspecified atom stereocenters. The molecule has 0 aliphatic carbocycles. The van der Waals surface area contributed by atoms with Crippen LogP contribution in [0.2, 0.25) is 0 Å². The van der Waals surface area contributed by atoms with Crippen LogP contribution >= 0.6 is 0 Å². The molecule has 2 rings (SSSR count). The number of rotatable bonds is 4. The van der Waals surface area contributed by atoms with E-state index in [1.807, 2.05) is 25.1 Å². The Morgan fingerprint density at radius 3 is 2.68 bits per heavy atom. The topological polar surface area (TPSA) is 42.4 Å². The third kappa shape index (κ3) is 2.85. The van der Waals surface area contributed by atoms with Crippen molar-refractivity contribution in [2.75, 3.05) is 12.1 Å². The number of benzene rings is 1. The van der Waals surface area contributed by atoms with Gasteiger partial charge in [-0.05, 0) is 42.3 Å². The van der Waals surface area contributed by atoms with E-state index in [2.05, 4.69) is 0 Å². The molecule has 1 aromatic carbocycles. The SMILES string of the molecule is CCc1ccc(F)c(N(C)N)c1/C=C/c1ccco1. The summed E-state index contributed by atoms with van der Waals surface area (Å²) >= 11 is 0. The Morgan fingerprint density at radius 2 is 2.11 bits per heavy atom. The number of aryl methyl sites for hydroxylation is 1. The number of furan rings is 1. The van der Waals surface area contributed by atoms with E-state index >= 15 is 0 Å². The van der Waals surface area contributed by atoms with E-state index in [0.717, 1.165) is 23.3 Å². The Morgan fingerprint density at radius 1 is 1.32 bits per heavy atom. The number of hydrogen-bond acceptors (Lipinski definition) is 3. The van der Waals surface area contributed by atoms with Crippen molar-refractivity contribution in [3.05, 3.63) is 53.2 Å². The monoisotopic (exact) mass is 260 g/mol. The Kier molecular flexibility index (Phi) is 4.02. The van der Waals surface area contributed by atoms with Crippen LogP contribution < -0.4 is 10.9 Å². The number of nitrogens with two attached hydrogens (primary N) is 1. The van der Waals surface area contributed by atoms with Gasteiger partial charge in [0.2, 0.25) is 0 Å². The molecule has 1 heterocycles. The summed E-state index contributed by atoms with van der Waals surface area (Å²) in [5.41, 5.74) is 2.21. The van der Waals surface area contributed by atoms with Crippen LogP contribution in [0.1, 0.15) is 23.8 Å². The van der Waals surface area contributed by atoms with Gasteiger partial charge in [0, 0.05) is 12.6 Å². The van der Waals surface area contributed by atoms with Crippen LogP contribution in [-0.4, -0.2) is 7.05 Å². The standard InChI is InChI=1S/C15H17FN2O/c1-3-11-6-9-14(16)15(18(2)17)13(11)8-7-12-5-4-10-19-12/h4-10H,3,17H2,1-2H3/b8-7+. The molecule has 0 amide bonds. The second-order valence-corrected chi connectivity index (χ2v) is 4.28. The molecule has 0 aliphatic heterocycles. The summed E-state index contributed by atoms with van der Waals surface area (Å²) in [5.74, 6) is 6.11. The first-order chi connectivity index (χ1) is 9.13. The van der Waals surface area contributed by atoms with Gasteiger partial charge in [-0.1, -0.05) is 13.0 Å². The fourth-order valence-electron chi connectivity index (χ4n) is 2.03. The average molecular weight is 260 g/mol. The summed E-state index contributed by atoms with van der Waals surface area (Å²) in [7, 11) is 1.63. The summed E-state index contributed by atoms with van der Waals surface area (Å²) in [6, 6.07) is 6.88. The van der Waals surface area contributed by atoms with Crippen LogP contribution in [0.25, 0.3) is 12.2 Å². The maximum Gasteiger partial charge on any atom is 0.148 e. The number of nitrogens with zero attached hydrogens (tertiary/aromatic N) is 1. The maximum absolute atomic E-state index is 13.9. The first-order valence-electron chi connectivity index (χ1n) is 6.15. The van der Waals surface area contributed by atoms with Crippen LogP contribution in [0, 0.1) is 5.82 Å². The molecular formula is C15H17FN2O. The van der Waals surface area contributed by atoms with E-state index < -0.39 is 0 Å². The molecule has 0 atom stereocenters. The zero-order valence-electron chi connectivity index (χ0n) is 11.1. The van der Waals surface area contributed by atoms with Crippen LogP contribution in [0.3, 0.4) is 0 Å². The van der Waals surface area contributed by atoms with Crippen LogP contribution in [0.4, 0.5) is 10.1 Å². The van der Waals surface area contributed by atoms with Crippen molar-refractivity contribution in [3.63, 3.8) is 0 Å². The van der Waals surface area contributed by atoms with E-state index in [1.165, 1.54) is 11.1 Å². The fourth-order valence-corrected chi connectivity index (χ4v) is 2.03. The molecule has 100 valence electrons. The summed E-state index contributed by atoms with van der Waals surface area (Å²) in [6.45, 7) is 2.03. The second-order valence-electron chi connectivity index (χ2n) is 4.28. The highest BCUT2D eigenvalue weighted by Gasteiger charge is 2.12. The molecule has 2 N–H and O–H groups in total. The Balaban J connectivity index is 2.50. The minimum atomic E-state index is -0.332. The van der Waals surface area contributed by atoms with E-state index in [0.29, 0.717) is 5.69 Å². The highest BCUT2D eigenvalue weighted by atomic mass is 19.1. The van der Waals surface area contributed by atoms with E-state index in [1.54, 1.807) is 25.5 Å². The number of halogens is 1. The van der Waals surface area contributed by atoms with Crippen molar-refractivity contribution in [3.8, 4) is 0 Å². The Bertz CT molecular complexity index is 574. The van der Waals surface area contributed by atoms with Gasteiger partial charge >= 0.3 is 0 Å². The predicted octanol–water partition coefficient (Wildman–Crippen LogP) is 3.46. The molecule has 0 spiro atoms. The zero-order chi connectivity index (χ0) is 13.8. The third-order valence-electron chi connectivity index (χ3n) is 2.95. The van der Waals surface area contributed by atoms with Gasteiger partial charge in [0.25, 0.3) is 0 Å². The van der Waals surface area contributed by atoms with E-state index in [4.69, 9.17) is 10.3 Å². The lowest BCUT2D eigenvalue weighted by Crippen LogP contribution is -2.27. The van der Waals surface area contributed by atoms with Gasteiger partial charge in [-0.2, -0.15) is 0 Å². The predicted molar refractivity (Wildman–Crippen MR) is 76.0 cm³/mol. The zero-order valence-corrected chi connectivity index (χ0v) is 11.1. The highest BCUT2D eigenvalue weighted by Crippen LogP contribution is 2.28. The molecule has 0 saturated carbocycles. The Hall–Kier alpha value is -2.07. The highest BCUT2D eigenvalue weighted by molar-refractivity contribution is 5.78.